The number of aromatic amines is 1. The van der Waals surface area contributed by atoms with E-state index in [-0.39, 0.29) is 11.8 Å². The number of hydrogen-bond donors (Lipinski definition) is 2. The number of hydrogen-bond acceptors (Lipinski definition) is 3. The van der Waals surface area contributed by atoms with E-state index in [0.717, 1.165) is 48.9 Å². The van der Waals surface area contributed by atoms with Gasteiger partial charge in [-0.05, 0) is 44.1 Å². The van der Waals surface area contributed by atoms with Gasteiger partial charge in [0.05, 0.1) is 0 Å². The van der Waals surface area contributed by atoms with E-state index < -0.39 is 6.04 Å². The van der Waals surface area contributed by atoms with E-state index in [1.807, 2.05) is 30.3 Å². The molecule has 2 N–H and O–H groups in total. The van der Waals surface area contributed by atoms with Crippen LogP contribution in [0.15, 0.2) is 30.3 Å². The first-order chi connectivity index (χ1) is 12.7. The van der Waals surface area contributed by atoms with E-state index in [0.29, 0.717) is 25.2 Å². The van der Waals surface area contributed by atoms with Crippen molar-refractivity contribution in [1.82, 2.24) is 20.4 Å². The molecule has 1 aromatic heterocycles. The summed E-state index contributed by atoms with van der Waals surface area (Å²) >= 11 is 0. The zero-order valence-corrected chi connectivity index (χ0v) is 14.8. The summed E-state index contributed by atoms with van der Waals surface area (Å²) in [7, 11) is 0. The average molecular weight is 352 g/mol. The first-order valence-electron chi connectivity index (χ1n) is 9.43. The highest BCUT2D eigenvalue weighted by Gasteiger charge is 2.36. The summed E-state index contributed by atoms with van der Waals surface area (Å²) in [6.45, 7) is 1.10. The topological polar surface area (TPSA) is 78.1 Å². The predicted molar refractivity (Wildman–Crippen MR) is 97.6 cm³/mol. The minimum Gasteiger partial charge on any atom is -0.350 e. The summed E-state index contributed by atoms with van der Waals surface area (Å²) in [6, 6.07) is 9.41. The maximum absolute atomic E-state index is 13.0. The zero-order valence-electron chi connectivity index (χ0n) is 14.8. The molecule has 1 atom stereocenters. The minimum absolute atomic E-state index is 0.0795. The van der Waals surface area contributed by atoms with Gasteiger partial charge >= 0.3 is 0 Å². The van der Waals surface area contributed by atoms with Gasteiger partial charge in [-0.15, -0.1) is 0 Å². The van der Waals surface area contributed by atoms with Gasteiger partial charge in [-0.3, -0.25) is 14.7 Å². The van der Waals surface area contributed by atoms with E-state index in [9.17, 15) is 9.59 Å². The maximum Gasteiger partial charge on any atom is 0.275 e. The van der Waals surface area contributed by atoms with Crippen LogP contribution in [0.5, 0.6) is 0 Å². The molecule has 2 aromatic rings. The van der Waals surface area contributed by atoms with Crippen LogP contribution in [-0.4, -0.2) is 39.5 Å². The van der Waals surface area contributed by atoms with Crippen LogP contribution in [0.25, 0.3) is 0 Å². The van der Waals surface area contributed by atoms with Crippen molar-refractivity contribution in [2.75, 3.05) is 6.54 Å². The van der Waals surface area contributed by atoms with Crippen LogP contribution in [-0.2, 0) is 24.2 Å². The molecule has 4 rings (SSSR count). The number of likely N-dealkylation sites (tertiary alicyclic amines) is 1. The van der Waals surface area contributed by atoms with Gasteiger partial charge in [-0.25, -0.2) is 0 Å². The number of nitrogens with one attached hydrogen (secondary N) is 2. The van der Waals surface area contributed by atoms with Crippen molar-refractivity contribution >= 4 is 11.8 Å². The second-order valence-corrected chi connectivity index (χ2v) is 7.10. The van der Waals surface area contributed by atoms with Gasteiger partial charge in [0.2, 0.25) is 5.91 Å². The summed E-state index contributed by atoms with van der Waals surface area (Å²) in [5, 5.41) is 10.3. The van der Waals surface area contributed by atoms with Gasteiger partial charge in [-0.1, -0.05) is 30.3 Å². The number of fused-ring (bicyclic) bond motifs is 1. The highest BCUT2D eigenvalue weighted by Crippen LogP contribution is 2.26. The Labute approximate surface area is 153 Å². The quantitative estimate of drug-likeness (QED) is 0.885. The second-order valence-electron chi connectivity index (χ2n) is 7.10. The highest BCUT2D eigenvalue weighted by molar-refractivity contribution is 5.97. The van der Waals surface area contributed by atoms with Crippen LogP contribution in [0.3, 0.4) is 0 Å². The van der Waals surface area contributed by atoms with Crippen molar-refractivity contribution < 1.29 is 9.59 Å². The molecule has 1 aliphatic carbocycles. The summed E-state index contributed by atoms with van der Waals surface area (Å²) in [6.07, 6.45) is 5.63. The zero-order chi connectivity index (χ0) is 17.9. The van der Waals surface area contributed by atoms with Gasteiger partial charge in [0.1, 0.15) is 6.04 Å². The average Bonchev–Trinajstić information content (AvgIpc) is 3.33. The molecule has 2 heterocycles. The number of H-pyrrole nitrogens is 1. The molecule has 1 aliphatic heterocycles. The smallest absolute Gasteiger partial charge is 0.275 e. The summed E-state index contributed by atoms with van der Waals surface area (Å²) in [5.41, 5.74) is 3.71. The normalized spacial score (nSPS) is 19.2. The van der Waals surface area contributed by atoms with Crippen LogP contribution < -0.4 is 5.32 Å². The lowest BCUT2D eigenvalue weighted by atomic mass is 9.95. The largest absolute Gasteiger partial charge is 0.350 e. The Morgan fingerprint density at radius 2 is 1.96 bits per heavy atom. The lowest BCUT2D eigenvalue weighted by Crippen LogP contribution is -2.46. The molecule has 6 heteroatoms. The van der Waals surface area contributed by atoms with Crippen LogP contribution in [0.4, 0.5) is 0 Å². The van der Waals surface area contributed by atoms with Gasteiger partial charge in [0.25, 0.3) is 5.91 Å². The summed E-state index contributed by atoms with van der Waals surface area (Å²) in [4.78, 5) is 27.4. The van der Waals surface area contributed by atoms with E-state index in [1.165, 1.54) is 0 Å². The molecule has 6 nitrogen and oxygen atoms in total. The minimum atomic E-state index is -0.401. The first-order valence-corrected chi connectivity index (χ1v) is 9.43. The van der Waals surface area contributed by atoms with Crippen molar-refractivity contribution in [3.63, 3.8) is 0 Å². The molecule has 0 saturated carbocycles. The number of carbonyl (C=O) groups is 2. The Morgan fingerprint density at radius 3 is 2.81 bits per heavy atom. The molecule has 0 spiro atoms. The molecule has 1 fully saturated rings. The molecule has 2 aliphatic rings. The Balaban J connectivity index is 1.45. The predicted octanol–water partition coefficient (Wildman–Crippen LogP) is 2.21. The third-order valence-corrected chi connectivity index (χ3v) is 5.38. The van der Waals surface area contributed by atoms with Crippen molar-refractivity contribution in [2.24, 2.45) is 0 Å². The molecule has 136 valence electrons. The molecule has 1 saturated heterocycles. The second kappa shape index (κ2) is 7.32. The molecule has 2 amide bonds. The summed E-state index contributed by atoms with van der Waals surface area (Å²) in [5.74, 6) is -0.189. The highest BCUT2D eigenvalue weighted by atomic mass is 16.2. The van der Waals surface area contributed by atoms with E-state index in [4.69, 9.17) is 0 Å². The van der Waals surface area contributed by atoms with Crippen molar-refractivity contribution in [2.45, 2.75) is 51.1 Å². The number of nitrogens with zero attached hydrogens (tertiary/aromatic N) is 2. The molecule has 0 radical (unpaired) electrons. The van der Waals surface area contributed by atoms with E-state index in [2.05, 4.69) is 15.5 Å². The summed E-state index contributed by atoms with van der Waals surface area (Å²) < 4.78 is 0. The number of rotatable bonds is 4. The number of amides is 2. The Morgan fingerprint density at radius 1 is 1.15 bits per heavy atom. The van der Waals surface area contributed by atoms with E-state index >= 15 is 0 Å². The third kappa shape index (κ3) is 3.23. The van der Waals surface area contributed by atoms with Crippen LogP contribution in [0, 0.1) is 0 Å². The fraction of sp³-hybridized carbons (Fsp3) is 0.450. The molecule has 1 unspecified atom stereocenters. The molecule has 1 aromatic carbocycles. The maximum atomic E-state index is 13.0. The molecular weight excluding hydrogens is 328 g/mol. The lowest BCUT2D eigenvalue weighted by Gasteiger charge is -2.24. The van der Waals surface area contributed by atoms with Crippen LogP contribution in [0.2, 0.25) is 0 Å². The van der Waals surface area contributed by atoms with Gasteiger partial charge in [-0.2, -0.15) is 5.10 Å². The Bertz CT molecular complexity index is 799. The Kier molecular flexibility index (Phi) is 4.73. The SMILES string of the molecule is O=C(NCc1ccccc1)C1CCCN1C(=O)c1n[nH]c2c1CCCC2. The van der Waals surface area contributed by atoms with Crippen LogP contribution >= 0.6 is 0 Å². The number of aryl methyl sites for hydroxylation is 1. The molecule has 0 bridgehead atoms. The monoisotopic (exact) mass is 352 g/mol. The standard InChI is InChI=1S/C20H24N4O2/c25-19(21-13-14-7-2-1-3-8-14)17-11-6-12-24(17)20(26)18-15-9-4-5-10-16(15)22-23-18/h1-3,7-8,17H,4-6,9-13H2,(H,21,25)(H,22,23). The number of benzene rings is 1. The third-order valence-electron chi connectivity index (χ3n) is 5.38. The van der Waals surface area contributed by atoms with Gasteiger partial charge in [0.15, 0.2) is 5.69 Å². The fourth-order valence-corrected chi connectivity index (χ4v) is 3.98. The fourth-order valence-electron chi connectivity index (χ4n) is 3.98. The van der Waals surface area contributed by atoms with Crippen molar-refractivity contribution in [3.8, 4) is 0 Å². The van der Waals surface area contributed by atoms with E-state index in [1.54, 1.807) is 4.90 Å². The van der Waals surface area contributed by atoms with Crippen LogP contribution in [0.1, 0.15) is 53.0 Å². The van der Waals surface area contributed by atoms with Crippen molar-refractivity contribution in [1.29, 1.82) is 0 Å². The lowest BCUT2D eigenvalue weighted by molar-refractivity contribution is -0.125. The van der Waals surface area contributed by atoms with Gasteiger partial charge < -0.3 is 10.2 Å². The van der Waals surface area contributed by atoms with Crippen molar-refractivity contribution in [3.05, 3.63) is 52.8 Å². The first kappa shape index (κ1) is 16.8. The Hall–Kier alpha value is -2.63. The number of aromatic nitrogens is 2. The van der Waals surface area contributed by atoms with Gasteiger partial charge in [0, 0.05) is 24.3 Å². The molecule has 26 heavy (non-hydrogen) atoms. The molecular formula is C20H24N4O2. The number of carbonyl (C=O) groups excluding carboxylic acids is 2.